The first-order chi connectivity index (χ1) is 15.3. The topological polar surface area (TPSA) is 58.2 Å². The molecule has 0 aromatic heterocycles. The Morgan fingerprint density at radius 1 is 1.00 bits per heavy atom. The van der Waals surface area contributed by atoms with Gasteiger partial charge in [0.05, 0.1) is 16.6 Å². The van der Waals surface area contributed by atoms with Crippen LogP contribution in [-0.2, 0) is 10.0 Å². The molecule has 5 rings (SSSR count). The van der Waals surface area contributed by atoms with Gasteiger partial charge in [-0.05, 0) is 73.2 Å². The van der Waals surface area contributed by atoms with E-state index < -0.39 is 10.0 Å². The zero-order valence-electron chi connectivity index (χ0n) is 18.0. The molecular formula is C26H25ClN2O2S. The largest absolute Gasteiger partial charge is 0.378 e. The molecule has 3 aromatic carbocycles. The van der Waals surface area contributed by atoms with Gasteiger partial charge in [-0.2, -0.15) is 0 Å². The van der Waals surface area contributed by atoms with E-state index in [0.717, 1.165) is 23.2 Å². The first-order valence-electron chi connectivity index (χ1n) is 10.7. The van der Waals surface area contributed by atoms with Crippen LogP contribution in [0.1, 0.15) is 40.6 Å². The molecule has 0 unspecified atom stereocenters. The molecule has 4 nitrogen and oxygen atoms in total. The number of anilines is 2. The van der Waals surface area contributed by atoms with Crippen LogP contribution in [0.3, 0.4) is 0 Å². The summed E-state index contributed by atoms with van der Waals surface area (Å²) in [6.45, 7) is 3.97. The van der Waals surface area contributed by atoms with Gasteiger partial charge in [0.2, 0.25) is 0 Å². The molecule has 1 aliphatic carbocycles. The van der Waals surface area contributed by atoms with Crippen LogP contribution in [0.15, 0.2) is 77.7 Å². The van der Waals surface area contributed by atoms with Crippen molar-refractivity contribution in [3.63, 3.8) is 0 Å². The van der Waals surface area contributed by atoms with E-state index in [1.54, 1.807) is 30.3 Å². The summed E-state index contributed by atoms with van der Waals surface area (Å²) >= 11 is 6.17. The van der Waals surface area contributed by atoms with Gasteiger partial charge >= 0.3 is 0 Å². The second kappa shape index (κ2) is 7.98. The number of sulfonamides is 1. The summed E-state index contributed by atoms with van der Waals surface area (Å²) in [4.78, 5) is 0.252. The van der Waals surface area contributed by atoms with Gasteiger partial charge < -0.3 is 5.32 Å². The number of halogens is 1. The second-order valence-electron chi connectivity index (χ2n) is 8.70. The number of rotatable bonds is 4. The lowest BCUT2D eigenvalue weighted by Gasteiger charge is -2.37. The number of fused-ring (bicyclic) bond motifs is 3. The monoisotopic (exact) mass is 464 g/mol. The van der Waals surface area contributed by atoms with E-state index >= 15 is 0 Å². The predicted molar refractivity (Wildman–Crippen MR) is 131 cm³/mol. The molecule has 0 amide bonds. The number of aryl methyl sites for hydroxylation is 2. The lowest BCUT2D eigenvalue weighted by atomic mass is 9.77. The number of benzene rings is 3. The molecule has 0 radical (unpaired) electrons. The Labute approximate surface area is 194 Å². The van der Waals surface area contributed by atoms with E-state index in [2.05, 4.69) is 53.4 Å². The number of hydrogen-bond acceptors (Lipinski definition) is 3. The van der Waals surface area contributed by atoms with Gasteiger partial charge in [0, 0.05) is 16.6 Å². The van der Waals surface area contributed by atoms with E-state index in [9.17, 15) is 8.42 Å². The van der Waals surface area contributed by atoms with E-state index in [4.69, 9.17) is 11.6 Å². The Balaban J connectivity index is 1.48. The standard InChI is InChI=1S/C26H25ClN2O2S/c1-16-6-9-18(10-7-16)26-22-5-3-4-21(22)23-15-20(12-13-25(23)28-26)32(30,31)29-19-11-8-17(2)24(27)14-19/h3-4,6-15,21-22,26,28-29H,5H2,1-2H3/t21-,22+,26+/m0/s1. The third-order valence-corrected chi connectivity index (χ3v) is 8.29. The van der Waals surface area contributed by atoms with Crippen LogP contribution >= 0.6 is 11.6 Å². The Hall–Kier alpha value is -2.76. The predicted octanol–water partition coefficient (Wildman–Crippen LogP) is 6.58. The highest BCUT2D eigenvalue weighted by atomic mass is 35.5. The van der Waals surface area contributed by atoms with Gasteiger partial charge in [0.15, 0.2) is 0 Å². The normalized spacial score (nSPS) is 21.5. The van der Waals surface area contributed by atoms with E-state index in [1.165, 1.54) is 11.1 Å². The highest BCUT2D eigenvalue weighted by Crippen LogP contribution is 2.50. The Morgan fingerprint density at radius 3 is 2.53 bits per heavy atom. The summed E-state index contributed by atoms with van der Waals surface area (Å²) < 4.78 is 28.9. The van der Waals surface area contributed by atoms with E-state index in [-0.39, 0.29) is 16.9 Å². The number of nitrogens with one attached hydrogen (secondary N) is 2. The van der Waals surface area contributed by atoms with Gasteiger partial charge in [-0.25, -0.2) is 8.42 Å². The van der Waals surface area contributed by atoms with Crippen molar-refractivity contribution in [1.29, 1.82) is 0 Å². The molecule has 3 atom stereocenters. The fourth-order valence-electron chi connectivity index (χ4n) is 4.71. The molecule has 6 heteroatoms. The van der Waals surface area contributed by atoms with E-state index in [0.29, 0.717) is 16.6 Å². The minimum Gasteiger partial charge on any atom is -0.378 e. The Kier molecular flexibility index (Phi) is 5.26. The fraction of sp³-hybridized carbons (Fsp3) is 0.231. The van der Waals surface area contributed by atoms with Gasteiger partial charge in [0.25, 0.3) is 10.0 Å². The van der Waals surface area contributed by atoms with Crippen molar-refractivity contribution in [1.82, 2.24) is 0 Å². The molecule has 0 fully saturated rings. The van der Waals surface area contributed by atoms with Gasteiger partial charge in [0.1, 0.15) is 0 Å². The highest BCUT2D eigenvalue weighted by Gasteiger charge is 2.38. The van der Waals surface area contributed by atoms with Crippen LogP contribution in [0.2, 0.25) is 5.02 Å². The van der Waals surface area contributed by atoms with Gasteiger partial charge in [-0.1, -0.05) is 59.6 Å². The van der Waals surface area contributed by atoms with E-state index in [1.807, 2.05) is 13.0 Å². The molecule has 164 valence electrons. The van der Waals surface area contributed by atoms with Crippen molar-refractivity contribution < 1.29 is 8.42 Å². The van der Waals surface area contributed by atoms with Crippen LogP contribution in [0.4, 0.5) is 11.4 Å². The molecule has 0 saturated heterocycles. The second-order valence-corrected chi connectivity index (χ2v) is 10.8. The quantitative estimate of drug-likeness (QED) is 0.428. The minimum absolute atomic E-state index is 0.182. The van der Waals surface area contributed by atoms with Crippen molar-refractivity contribution >= 4 is 33.0 Å². The summed E-state index contributed by atoms with van der Waals surface area (Å²) in [6.07, 6.45) is 5.39. The molecule has 1 aliphatic heterocycles. The van der Waals surface area contributed by atoms with Crippen LogP contribution in [0, 0.1) is 19.8 Å². The SMILES string of the molecule is Cc1ccc([C@H]2Nc3ccc(S(=O)(=O)Nc4ccc(C)c(Cl)c4)cc3[C@H]3C=CC[C@H]32)cc1. The third-order valence-electron chi connectivity index (χ3n) is 6.51. The van der Waals surface area contributed by atoms with Gasteiger partial charge in [-0.3, -0.25) is 4.72 Å². The summed E-state index contributed by atoms with van der Waals surface area (Å²) in [7, 11) is -3.74. The van der Waals surface area contributed by atoms with Crippen LogP contribution in [-0.4, -0.2) is 8.42 Å². The molecule has 1 heterocycles. The average Bonchev–Trinajstić information content (AvgIpc) is 3.26. The maximum absolute atomic E-state index is 13.1. The molecule has 0 bridgehead atoms. The fourth-order valence-corrected chi connectivity index (χ4v) is 5.98. The summed E-state index contributed by atoms with van der Waals surface area (Å²) in [5.41, 5.74) is 5.86. The molecule has 0 saturated carbocycles. The number of allylic oxidation sites excluding steroid dienone is 2. The summed E-state index contributed by atoms with van der Waals surface area (Å²) in [6, 6.07) is 19.4. The zero-order valence-corrected chi connectivity index (χ0v) is 19.5. The lowest BCUT2D eigenvalue weighted by molar-refractivity contribution is 0.425. The molecule has 2 N–H and O–H groups in total. The van der Waals surface area contributed by atoms with Crippen LogP contribution in [0.25, 0.3) is 0 Å². The molecule has 0 spiro atoms. The Bertz CT molecular complexity index is 1320. The minimum atomic E-state index is -3.74. The maximum atomic E-state index is 13.1. The first-order valence-corrected chi connectivity index (χ1v) is 12.6. The van der Waals surface area contributed by atoms with Crippen LogP contribution < -0.4 is 10.0 Å². The third kappa shape index (κ3) is 3.80. The summed E-state index contributed by atoms with van der Waals surface area (Å²) in [5.74, 6) is 0.536. The maximum Gasteiger partial charge on any atom is 0.261 e. The molecule has 2 aliphatic rings. The van der Waals surface area contributed by atoms with Crippen LogP contribution in [0.5, 0.6) is 0 Å². The summed E-state index contributed by atoms with van der Waals surface area (Å²) in [5, 5.41) is 4.20. The molecule has 3 aromatic rings. The van der Waals surface area contributed by atoms with Crippen molar-refractivity contribution in [3.05, 3.63) is 100 Å². The van der Waals surface area contributed by atoms with Gasteiger partial charge in [-0.15, -0.1) is 0 Å². The highest BCUT2D eigenvalue weighted by molar-refractivity contribution is 7.92. The zero-order chi connectivity index (χ0) is 22.5. The average molecular weight is 465 g/mol. The first kappa shape index (κ1) is 21.1. The Morgan fingerprint density at radius 2 is 1.78 bits per heavy atom. The van der Waals surface area contributed by atoms with Crippen molar-refractivity contribution in [3.8, 4) is 0 Å². The molecular weight excluding hydrogens is 440 g/mol. The molecule has 32 heavy (non-hydrogen) atoms. The van der Waals surface area contributed by atoms with Crippen molar-refractivity contribution in [2.24, 2.45) is 5.92 Å². The lowest BCUT2D eigenvalue weighted by Crippen LogP contribution is -2.29. The smallest absolute Gasteiger partial charge is 0.261 e. The van der Waals surface area contributed by atoms with Crippen molar-refractivity contribution in [2.45, 2.75) is 37.1 Å². The number of hydrogen-bond donors (Lipinski definition) is 2. The van der Waals surface area contributed by atoms with Crippen molar-refractivity contribution in [2.75, 3.05) is 10.0 Å².